The molecule has 2 rings (SSSR count). The minimum absolute atomic E-state index is 0.279. The number of carbonyl (C=O) groups is 2. The molecule has 0 unspecified atom stereocenters. The third kappa shape index (κ3) is 4.89. The summed E-state index contributed by atoms with van der Waals surface area (Å²) in [6.45, 7) is 4.51. The molecule has 0 aromatic heterocycles. The summed E-state index contributed by atoms with van der Waals surface area (Å²) in [5.74, 6) is 0.111. The van der Waals surface area contributed by atoms with Crippen molar-refractivity contribution in [3.63, 3.8) is 0 Å². The molecule has 0 aliphatic rings. The van der Waals surface area contributed by atoms with Crippen molar-refractivity contribution in [2.24, 2.45) is 11.7 Å². The van der Waals surface area contributed by atoms with Crippen molar-refractivity contribution >= 4 is 29.1 Å². The van der Waals surface area contributed by atoms with Crippen LogP contribution in [0.2, 0.25) is 5.02 Å². The van der Waals surface area contributed by atoms with E-state index < -0.39 is 11.8 Å². The van der Waals surface area contributed by atoms with Crippen LogP contribution in [0.25, 0.3) is 0 Å². The third-order valence-electron chi connectivity index (χ3n) is 3.46. The smallest absolute Gasteiger partial charge is 0.255 e. The fraction of sp³-hybridized carbons (Fsp3) is 0.263. The molecule has 0 spiro atoms. The first-order chi connectivity index (χ1) is 12.3. The highest BCUT2D eigenvalue weighted by Gasteiger charge is 2.17. The van der Waals surface area contributed by atoms with Crippen LogP contribution in [-0.4, -0.2) is 25.5 Å². The Morgan fingerprint density at radius 2 is 1.92 bits per heavy atom. The highest BCUT2D eigenvalue weighted by Crippen LogP contribution is 2.37. The number of carbonyl (C=O) groups excluding carboxylic acids is 2. The van der Waals surface area contributed by atoms with Gasteiger partial charge in [0.1, 0.15) is 0 Å². The average molecular weight is 377 g/mol. The minimum Gasteiger partial charge on any atom is -0.493 e. The van der Waals surface area contributed by atoms with Gasteiger partial charge in [-0.15, -0.1) is 0 Å². The van der Waals surface area contributed by atoms with Gasteiger partial charge in [-0.1, -0.05) is 31.5 Å². The molecule has 0 heterocycles. The molecule has 0 saturated heterocycles. The number of methoxy groups -OCH3 is 1. The highest BCUT2D eigenvalue weighted by atomic mass is 35.5. The van der Waals surface area contributed by atoms with Crippen molar-refractivity contribution in [1.29, 1.82) is 0 Å². The third-order valence-corrected chi connectivity index (χ3v) is 3.74. The summed E-state index contributed by atoms with van der Waals surface area (Å²) in [7, 11) is 1.48. The van der Waals surface area contributed by atoms with E-state index in [2.05, 4.69) is 5.32 Å². The first-order valence-electron chi connectivity index (χ1n) is 8.03. The lowest BCUT2D eigenvalue weighted by atomic mass is 10.1. The number of benzene rings is 2. The van der Waals surface area contributed by atoms with Crippen LogP contribution in [0, 0.1) is 5.92 Å². The van der Waals surface area contributed by atoms with Crippen LogP contribution in [0.5, 0.6) is 11.5 Å². The molecular formula is C19H21ClN2O4. The van der Waals surface area contributed by atoms with Crippen LogP contribution < -0.4 is 20.5 Å². The first kappa shape index (κ1) is 19.6. The molecule has 3 N–H and O–H groups in total. The number of nitrogens with one attached hydrogen (secondary N) is 1. The number of primary amides is 1. The molecule has 0 atom stereocenters. The number of hydrogen-bond donors (Lipinski definition) is 2. The van der Waals surface area contributed by atoms with Crippen molar-refractivity contribution < 1.29 is 19.1 Å². The molecule has 2 aromatic rings. The molecule has 138 valence electrons. The Morgan fingerprint density at radius 1 is 1.19 bits per heavy atom. The van der Waals surface area contributed by atoms with Crippen LogP contribution >= 0.6 is 11.6 Å². The van der Waals surface area contributed by atoms with Crippen molar-refractivity contribution in [3.05, 3.63) is 52.5 Å². The van der Waals surface area contributed by atoms with Crippen molar-refractivity contribution in [2.75, 3.05) is 19.0 Å². The van der Waals surface area contributed by atoms with Gasteiger partial charge >= 0.3 is 0 Å². The maximum atomic E-state index is 12.5. The molecule has 0 saturated carbocycles. The monoisotopic (exact) mass is 376 g/mol. The Morgan fingerprint density at radius 3 is 2.54 bits per heavy atom. The van der Waals surface area contributed by atoms with E-state index in [0.29, 0.717) is 40.8 Å². The molecule has 26 heavy (non-hydrogen) atoms. The molecular weight excluding hydrogens is 356 g/mol. The predicted octanol–water partition coefficient (Wildman–Crippen LogP) is 3.73. The second-order valence-corrected chi connectivity index (χ2v) is 6.50. The summed E-state index contributed by atoms with van der Waals surface area (Å²) < 4.78 is 11.0. The molecule has 2 amide bonds. The van der Waals surface area contributed by atoms with Gasteiger partial charge in [-0.05, 0) is 36.2 Å². The van der Waals surface area contributed by atoms with Gasteiger partial charge in [-0.2, -0.15) is 0 Å². The van der Waals surface area contributed by atoms with Crippen LogP contribution in [-0.2, 0) is 0 Å². The van der Waals surface area contributed by atoms with Gasteiger partial charge < -0.3 is 20.5 Å². The Hall–Kier alpha value is -2.73. The maximum absolute atomic E-state index is 12.5. The Bertz CT molecular complexity index is 821. The van der Waals surface area contributed by atoms with Crippen LogP contribution in [0.15, 0.2) is 36.4 Å². The first-order valence-corrected chi connectivity index (χ1v) is 8.41. The van der Waals surface area contributed by atoms with E-state index in [1.807, 2.05) is 13.8 Å². The molecule has 0 aliphatic carbocycles. The van der Waals surface area contributed by atoms with Gasteiger partial charge in [0.05, 0.1) is 18.7 Å². The van der Waals surface area contributed by atoms with Gasteiger partial charge in [0.2, 0.25) is 5.91 Å². The van der Waals surface area contributed by atoms with E-state index in [1.165, 1.54) is 19.2 Å². The molecule has 2 aromatic carbocycles. The van der Waals surface area contributed by atoms with E-state index >= 15 is 0 Å². The average Bonchev–Trinajstić information content (AvgIpc) is 2.59. The maximum Gasteiger partial charge on any atom is 0.255 e. The number of rotatable bonds is 7. The van der Waals surface area contributed by atoms with E-state index in [0.717, 1.165) is 0 Å². The van der Waals surface area contributed by atoms with Gasteiger partial charge in [-0.3, -0.25) is 9.59 Å². The molecule has 6 nitrogen and oxygen atoms in total. The minimum atomic E-state index is -0.572. The van der Waals surface area contributed by atoms with Gasteiger partial charge in [0.25, 0.3) is 5.91 Å². The van der Waals surface area contributed by atoms with Gasteiger partial charge in [0, 0.05) is 16.8 Å². The highest BCUT2D eigenvalue weighted by molar-refractivity contribution is 6.32. The molecule has 7 heteroatoms. The Labute approximate surface area is 157 Å². The zero-order valence-electron chi connectivity index (χ0n) is 14.8. The van der Waals surface area contributed by atoms with Crippen LogP contribution in [0.3, 0.4) is 0 Å². The zero-order valence-corrected chi connectivity index (χ0v) is 15.6. The number of amides is 2. The fourth-order valence-electron chi connectivity index (χ4n) is 2.19. The Balaban J connectivity index is 2.25. The summed E-state index contributed by atoms with van der Waals surface area (Å²) in [6, 6.07) is 9.41. The lowest BCUT2D eigenvalue weighted by Gasteiger charge is -2.15. The number of halogens is 1. The quantitative estimate of drug-likeness (QED) is 0.770. The second kappa shape index (κ2) is 8.58. The predicted molar refractivity (Wildman–Crippen MR) is 101 cm³/mol. The second-order valence-electron chi connectivity index (χ2n) is 6.09. The van der Waals surface area contributed by atoms with Crippen molar-refractivity contribution in [3.8, 4) is 11.5 Å². The van der Waals surface area contributed by atoms with Crippen molar-refractivity contribution in [2.45, 2.75) is 13.8 Å². The number of nitrogens with two attached hydrogens (primary N) is 1. The molecule has 0 fully saturated rings. The lowest BCUT2D eigenvalue weighted by molar-refractivity contribution is 0.0996. The number of ether oxygens (including phenoxy) is 2. The van der Waals surface area contributed by atoms with E-state index in [9.17, 15) is 9.59 Å². The summed E-state index contributed by atoms with van der Waals surface area (Å²) in [4.78, 5) is 23.8. The zero-order chi connectivity index (χ0) is 19.3. The summed E-state index contributed by atoms with van der Waals surface area (Å²) in [5.41, 5.74) is 6.30. The molecule has 0 radical (unpaired) electrons. The van der Waals surface area contributed by atoms with E-state index in [1.54, 1.807) is 24.3 Å². The molecule has 0 bridgehead atoms. The van der Waals surface area contributed by atoms with Crippen LogP contribution in [0.1, 0.15) is 34.6 Å². The van der Waals surface area contributed by atoms with Gasteiger partial charge in [0.15, 0.2) is 11.5 Å². The summed E-state index contributed by atoms with van der Waals surface area (Å²) in [5, 5.41) is 2.98. The Kier molecular flexibility index (Phi) is 6.46. The summed E-state index contributed by atoms with van der Waals surface area (Å²) in [6.07, 6.45) is 0. The topological polar surface area (TPSA) is 90.6 Å². The molecule has 0 aliphatic heterocycles. The standard InChI is InChI=1S/C19H21ClN2O4/c1-11(2)10-26-17-15(20)8-13(9-16(17)25-3)19(24)22-14-6-4-5-12(7-14)18(21)23/h4-9,11H,10H2,1-3H3,(H2,21,23)(H,22,24). The number of hydrogen-bond acceptors (Lipinski definition) is 4. The van der Waals surface area contributed by atoms with Gasteiger partial charge in [-0.25, -0.2) is 0 Å². The van der Waals surface area contributed by atoms with E-state index in [-0.39, 0.29) is 5.02 Å². The van der Waals surface area contributed by atoms with Crippen molar-refractivity contribution in [1.82, 2.24) is 0 Å². The number of anilines is 1. The fourth-order valence-corrected chi connectivity index (χ4v) is 2.46. The van der Waals surface area contributed by atoms with Crippen LogP contribution in [0.4, 0.5) is 5.69 Å². The largest absolute Gasteiger partial charge is 0.493 e. The normalized spacial score (nSPS) is 10.5. The van der Waals surface area contributed by atoms with E-state index in [4.69, 9.17) is 26.8 Å². The summed E-state index contributed by atoms with van der Waals surface area (Å²) >= 11 is 6.26. The SMILES string of the molecule is COc1cc(C(=O)Nc2cccc(C(N)=O)c2)cc(Cl)c1OCC(C)C. The lowest BCUT2D eigenvalue weighted by Crippen LogP contribution is -2.15.